The number of anilines is 1. The van der Waals surface area contributed by atoms with Gasteiger partial charge in [0.2, 0.25) is 0 Å². The van der Waals surface area contributed by atoms with Gasteiger partial charge in [0.1, 0.15) is 29.7 Å². The molecule has 0 radical (unpaired) electrons. The maximum Gasteiger partial charge on any atom is 0.266 e. The van der Waals surface area contributed by atoms with E-state index in [4.69, 9.17) is 9.47 Å². The van der Waals surface area contributed by atoms with Gasteiger partial charge in [0.25, 0.3) is 5.91 Å². The van der Waals surface area contributed by atoms with Gasteiger partial charge in [-0.1, -0.05) is 48.0 Å². The molecule has 3 aromatic rings. The van der Waals surface area contributed by atoms with Crippen molar-refractivity contribution in [3.8, 4) is 17.6 Å². The molecule has 0 aliphatic rings. The van der Waals surface area contributed by atoms with Crippen molar-refractivity contribution < 1.29 is 14.3 Å². The number of nitrogens with one attached hydrogen (secondary N) is 1. The number of aryl methyl sites for hydroxylation is 1. The Hall–Kier alpha value is -4.04. The Balaban J connectivity index is 1.63. The van der Waals surface area contributed by atoms with E-state index in [2.05, 4.69) is 5.32 Å². The number of nitrogens with zero attached hydrogens (tertiary/aromatic N) is 1. The van der Waals surface area contributed by atoms with Gasteiger partial charge in [-0.3, -0.25) is 4.79 Å². The van der Waals surface area contributed by atoms with Gasteiger partial charge in [-0.25, -0.2) is 0 Å². The minimum Gasteiger partial charge on any atom is -0.494 e. The molecule has 5 heteroatoms. The second kappa shape index (κ2) is 10.7. The molecule has 0 saturated heterocycles. The van der Waals surface area contributed by atoms with Crippen molar-refractivity contribution >= 4 is 17.7 Å². The summed E-state index contributed by atoms with van der Waals surface area (Å²) >= 11 is 0. The molecule has 3 rings (SSSR count). The van der Waals surface area contributed by atoms with Crippen molar-refractivity contribution in [1.82, 2.24) is 0 Å². The highest BCUT2D eigenvalue weighted by Gasteiger charge is 2.10. The molecule has 0 atom stereocenters. The number of hydrogen-bond acceptors (Lipinski definition) is 4. The van der Waals surface area contributed by atoms with Crippen LogP contribution in [0.3, 0.4) is 0 Å². The largest absolute Gasteiger partial charge is 0.494 e. The molecule has 0 unspecified atom stereocenters. The van der Waals surface area contributed by atoms with Crippen LogP contribution in [0.5, 0.6) is 11.5 Å². The topological polar surface area (TPSA) is 71.3 Å². The average Bonchev–Trinajstić information content (AvgIpc) is 2.78. The smallest absolute Gasteiger partial charge is 0.266 e. The number of hydrogen-bond donors (Lipinski definition) is 1. The first-order valence-corrected chi connectivity index (χ1v) is 10.0. The van der Waals surface area contributed by atoms with E-state index >= 15 is 0 Å². The lowest BCUT2D eigenvalue weighted by Crippen LogP contribution is -2.13. The zero-order chi connectivity index (χ0) is 22.1. The summed E-state index contributed by atoms with van der Waals surface area (Å²) in [6, 6.07) is 24.4. The number of carbonyl (C=O) groups is 1. The standard InChI is InChI=1S/C26H24N2O3/c1-3-30-25-6-4-5-23(16-25)28-26(29)22(17-27)15-20-11-13-24(14-12-20)31-18-21-9-7-19(2)8-10-21/h4-16H,3,18H2,1-2H3,(H,28,29)/b22-15-. The Labute approximate surface area is 182 Å². The molecule has 3 aromatic carbocycles. The SMILES string of the molecule is CCOc1cccc(NC(=O)/C(C#N)=C\c2ccc(OCc3ccc(C)cc3)cc2)c1. The third kappa shape index (κ3) is 6.48. The highest BCUT2D eigenvalue weighted by molar-refractivity contribution is 6.09. The molecule has 1 N–H and O–H groups in total. The summed E-state index contributed by atoms with van der Waals surface area (Å²) in [5.74, 6) is 0.897. The molecule has 0 spiro atoms. The summed E-state index contributed by atoms with van der Waals surface area (Å²) in [5, 5.41) is 12.2. The Kier molecular flexibility index (Phi) is 7.45. The zero-order valence-corrected chi connectivity index (χ0v) is 17.6. The van der Waals surface area contributed by atoms with E-state index < -0.39 is 5.91 Å². The predicted molar refractivity (Wildman–Crippen MR) is 122 cm³/mol. The number of nitriles is 1. The average molecular weight is 412 g/mol. The second-order valence-electron chi connectivity index (χ2n) is 6.93. The molecule has 156 valence electrons. The van der Waals surface area contributed by atoms with Gasteiger partial charge in [0.05, 0.1) is 6.61 Å². The van der Waals surface area contributed by atoms with Crippen molar-refractivity contribution in [2.24, 2.45) is 0 Å². The normalized spacial score (nSPS) is 10.8. The first-order chi connectivity index (χ1) is 15.1. The molecule has 0 aliphatic heterocycles. The molecular formula is C26H24N2O3. The van der Waals surface area contributed by atoms with Crippen LogP contribution in [0.25, 0.3) is 6.08 Å². The van der Waals surface area contributed by atoms with Crippen LogP contribution in [-0.4, -0.2) is 12.5 Å². The van der Waals surface area contributed by atoms with Crippen LogP contribution in [0.4, 0.5) is 5.69 Å². The van der Waals surface area contributed by atoms with Gasteiger partial charge in [0.15, 0.2) is 0 Å². The third-order valence-electron chi connectivity index (χ3n) is 4.49. The lowest BCUT2D eigenvalue weighted by Gasteiger charge is -2.08. The predicted octanol–water partition coefficient (Wildman–Crippen LogP) is 5.52. The van der Waals surface area contributed by atoms with Gasteiger partial charge >= 0.3 is 0 Å². The van der Waals surface area contributed by atoms with Crippen LogP contribution in [-0.2, 0) is 11.4 Å². The Morgan fingerprint density at radius 1 is 1.00 bits per heavy atom. The second-order valence-corrected chi connectivity index (χ2v) is 6.93. The lowest BCUT2D eigenvalue weighted by molar-refractivity contribution is -0.112. The molecule has 0 bridgehead atoms. The van der Waals surface area contributed by atoms with E-state index in [1.807, 2.05) is 74.5 Å². The summed E-state index contributed by atoms with van der Waals surface area (Å²) in [6.45, 7) is 4.94. The van der Waals surface area contributed by atoms with E-state index in [1.54, 1.807) is 24.3 Å². The summed E-state index contributed by atoms with van der Waals surface area (Å²) in [7, 11) is 0. The highest BCUT2D eigenvalue weighted by Crippen LogP contribution is 2.19. The van der Waals surface area contributed by atoms with Crippen molar-refractivity contribution in [2.75, 3.05) is 11.9 Å². The van der Waals surface area contributed by atoms with Gasteiger partial charge in [-0.15, -0.1) is 0 Å². The highest BCUT2D eigenvalue weighted by atomic mass is 16.5. The fourth-order valence-corrected chi connectivity index (χ4v) is 2.86. The van der Waals surface area contributed by atoms with Crippen molar-refractivity contribution in [2.45, 2.75) is 20.5 Å². The van der Waals surface area contributed by atoms with Gasteiger partial charge in [0, 0.05) is 11.8 Å². The molecule has 1 amide bonds. The molecule has 0 fully saturated rings. The van der Waals surface area contributed by atoms with E-state index in [0.29, 0.717) is 30.4 Å². The first-order valence-electron chi connectivity index (χ1n) is 10.0. The van der Waals surface area contributed by atoms with Crippen LogP contribution in [0.15, 0.2) is 78.4 Å². The number of amides is 1. The minimum atomic E-state index is -0.476. The minimum absolute atomic E-state index is 0.00939. The molecule has 0 heterocycles. The van der Waals surface area contributed by atoms with Crippen LogP contribution in [0, 0.1) is 18.3 Å². The molecule has 5 nitrogen and oxygen atoms in total. The summed E-state index contributed by atoms with van der Waals surface area (Å²) in [4.78, 5) is 12.5. The Bertz CT molecular complexity index is 1090. The number of ether oxygens (including phenoxy) is 2. The monoisotopic (exact) mass is 412 g/mol. The molecule has 0 aliphatic carbocycles. The number of benzene rings is 3. The van der Waals surface area contributed by atoms with Crippen molar-refractivity contribution in [3.63, 3.8) is 0 Å². The molecule has 0 aromatic heterocycles. The lowest BCUT2D eigenvalue weighted by atomic mass is 10.1. The van der Waals surface area contributed by atoms with Gasteiger partial charge in [-0.05, 0) is 55.3 Å². The van der Waals surface area contributed by atoms with Crippen molar-refractivity contribution in [1.29, 1.82) is 5.26 Å². The van der Waals surface area contributed by atoms with Crippen LogP contribution >= 0.6 is 0 Å². The Morgan fingerprint density at radius 3 is 2.42 bits per heavy atom. The summed E-state index contributed by atoms with van der Waals surface area (Å²) < 4.78 is 11.2. The molecule has 31 heavy (non-hydrogen) atoms. The third-order valence-corrected chi connectivity index (χ3v) is 4.49. The van der Waals surface area contributed by atoms with E-state index in [1.165, 1.54) is 5.56 Å². The van der Waals surface area contributed by atoms with Gasteiger partial charge in [-0.2, -0.15) is 5.26 Å². The van der Waals surface area contributed by atoms with Crippen LogP contribution in [0.2, 0.25) is 0 Å². The molecular weight excluding hydrogens is 388 g/mol. The first kappa shape index (κ1) is 21.7. The fraction of sp³-hybridized carbons (Fsp3) is 0.154. The maximum atomic E-state index is 12.5. The van der Waals surface area contributed by atoms with Crippen LogP contribution < -0.4 is 14.8 Å². The van der Waals surface area contributed by atoms with Gasteiger partial charge < -0.3 is 14.8 Å². The Morgan fingerprint density at radius 2 is 1.74 bits per heavy atom. The van der Waals surface area contributed by atoms with Crippen molar-refractivity contribution in [3.05, 3.63) is 95.1 Å². The number of rotatable bonds is 8. The maximum absolute atomic E-state index is 12.5. The van der Waals surface area contributed by atoms with E-state index in [0.717, 1.165) is 11.1 Å². The van der Waals surface area contributed by atoms with E-state index in [9.17, 15) is 10.1 Å². The number of carbonyl (C=O) groups excluding carboxylic acids is 1. The fourth-order valence-electron chi connectivity index (χ4n) is 2.86. The van der Waals surface area contributed by atoms with Crippen LogP contribution in [0.1, 0.15) is 23.6 Å². The summed E-state index contributed by atoms with van der Waals surface area (Å²) in [6.07, 6.45) is 1.55. The zero-order valence-electron chi connectivity index (χ0n) is 17.6. The molecule has 0 saturated carbocycles. The summed E-state index contributed by atoms with van der Waals surface area (Å²) in [5.41, 5.74) is 3.61. The van der Waals surface area contributed by atoms with E-state index in [-0.39, 0.29) is 5.57 Å². The quantitative estimate of drug-likeness (QED) is 0.391.